The molecule has 3 atom stereocenters. The Kier molecular flexibility index (Phi) is 11.3. The van der Waals surface area contributed by atoms with Crippen LogP contribution in [0.3, 0.4) is 0 Å². The molecule has 0 aromatic rings. The third-order valence-corrected chi connectivity index (χ3v) is 3.92. The summed E-state index contributed by atoms with van der Waals surface area (Å²) >= 11 is 0. The van der Waals surface area contributed by atoms with Crippen LogP contribution < -0.4 is 0 Å². The predicted octanol–water partition coefficient (Wildman–Crippen LogP) is 3.49. The van der Waals surface area contributed by atoms with Gasteiger partial charge in [0.2, 0.25) is 0 Å². The number of carbonyl (C=O) groups excluding carboxylic acids is 1. The van der Waals surface area contributed by atoms with Crippen LogP contribution >= 0.6 is 0 Å². The number of rotatable bonds is 13. The van der Waals surface area contributed by atoms with Crippen molar-refractivity contribution in [3.8, 4) is 0 Å². The second-order valence-electron chi connectivity index (χ2n) is 6.13. The van der Waals surface area contributed by atoms with Gasteiger partial charge in [-0.1, -0.05) is 40.0 Å². The standard InChI is InChI=1S/C18H34O5/c1-4-7-10-20-14-15-13-16(21-11-8-5-2)17(18(19)23-15)22-12-9-6-3/h15-17H,4-14H2,1-3H3/t15-,16-,17-/m0/s1. The molecule has 0 N–H and O–H groups in total. The van der Waals surface area contributed by atoms with Crippen LogP contribution in [0.5, 0.6) is 0 Å². The SMILES string of the molecule is CCCCOC[C@@H]1C[C@H](OCCCC)[C@H](OCCCC)C(=O)O1. The summed E-state index contributed by atoms with van der Waals surface area (Å²) < 4.78 is 22.7. The quantitative estimate of drug-likeness (QED) is 0.382. The summed E-state index contributed by atoms with van der Waals surface area (Å²) in [5.41, 5.74) is 0. The lowest BCUT2D eigenvalue weighted by atomic mass is 10.0. The van der Waals surface area contributed by atoms with Gasteiger partial charge in [-0.15, -0.1) is 0 Å². The third-order valence-electron chi connectivity index (χ3n) is 3.92. The van der Waals surface area contributed by atoms with Crippen molar-refractivity contribution in [3.63, 3.8) is 0 Å². The molecule has 0 bridgehead atoms. The lowest BCUT2D eigenvalue weighted by Gasteiger charge is -2.34. The Morgan fingerprint density at radius 2 is 1.57 bits per heavy atom. The van der Waals surface area contributed by atoms with Gasteiger partial charge in [0.1, 0.15) is 6.10 Å². The van der Waals surface area contributed by atoms with Gasteiger partial charge >= 0.3 is 5.97 Å². The van der Waals surface area contributed by atoms with Gasteiger partial charge in [0, 0.05) is 26.2 Å². The molecule has 0 saturated carbocycles. The number of unbranched alkanes of at least 4 members (excludes halogenated alkanes) is 3. The van der Waals surface area contributed by atoms with Crippen LogP contribution in [0.1, 0.15) is 65.7 Å². The lowest BCUT2D eigenvalue weighted by molar-refractivity contribution is -0.196. The second kappa shape index (κ2) is 12.7. The maximum atomic E-state index is 12.2. The first-order valence-electron chi connectivity index (χ1n) is 9.24. The molecule has 1 rings (SSSR count). The highest BCUT2D eigenvalue weighted by atomic mass is 16.6. The van der Waals surface area contributed by atoms with E-state index >= 15 is 0 Å². The van der Waals surface area contributed by atoms with Gasteiger partial charge in [0.05, 0.1) is 12.7 Å². The number of ether oxygens (including phenoxy) is 4. The molecule has 136 valence electrons. The van der Waals surface area contributed by atoms with Crippen LogP contribution in [0.25, 0.3) is 0 Å². The molecule has 0 spiro atoms. The fourth-order valence-electron chi connectivity index (χ4n) is 2.44. The fourth-order valence-corrected chi connectivity index (χ4v) is 2.44. The fraction of sp³-hybridized carbons (Fsp3) is 0.944. The molecule has 0 amide bonds. The van der Waals surface area contributed by atoms with Crippen molar-refractivity contribution in [2.24, 2.45) is 0 Å². The molecule has 0 aliphatic carbocycles. The first-order chi connectivity index (χ1) is 11.2. The van der Waals surface area contributed by atoms with Crippen molar-refractivity contribution in [3.05, 3.63) is 0 Å². The van der Waals surface area contributed by atoms with Crippen molar-refractivity contribution in [2.45, 2.75) is 84.0 Å². The first kappa shape index (κ1) is 20.4. The largest absolute Gasteiger partial charge is 0.458 e. The molecule has 23 heavy (non-hydrogen) atoms. The summed E-state index contributed by atoms with van der Waals surface area (Å²) in [5, 5.41) is 0. The summed E-state index contributed by atoms with van der Waals surface area (Å²) in [7, 11) is 0. The maximum absolute atomic E-state index is 12.2. The smallest absolute Gasteiger partial charge is 0.338 e. The summed E-state index contributed by atoms with van der Waals surface area (Å²) in [4.78, 5) is 12.2. The molecule has 5 heteroatoms. The average Bonchev–Trinajstić information content (AvgIpc) is 2.54. The normalized spacial score (nSPS) is 24.7. The summed E-state index contributed by atoms with van der Waals surface area (Å²) in [6.07, 6.45) is 5.78. The zero-order chi connectivity index (χ0) is 16.9. The van der Waals surface area contributed by atoms with E-state index in [1.54, 1.807) is 0 Å². The minimum absolute atomic E-state index is 0.223. The van der Waals surface area contributed by atoms with Crippen LogP contribution in [0.15, 0.2) is 0 Å². The molecule has 0 aromatic carbocycles. The highest BCUT2D eigenvalue weighted by Gasteiger charge is 2.40. The van der Waals surface area contributed by atoms with E-state index in [0.717, 1.165) is 38.5 Å². The molecule has 1 aliphatic rings. The summed E-state index contributed by atoms with van der Waals surface area (Å²) in [6, 6.07) is 0. The van der Waals surface area contributed by atoms with Crippen molar-refractivity contribution in [1.29, 1.82) is 0 Å². The van der Waals surface area contributed by atoms with Crippen LogP contribution in [0, 0.1) is 0 Å². The predicted molar refractivity (Wildman–Crippen MR) is 89.5 cm³/mol. The third kappa shape index (κ3) is 8.13. The monoisotopic (exact) mass is 330 g/mol. The van der Waals surface area contributed by atoms with E-state index in [1.807, 2.05) is 0 Å². The summed E-state index contributed by atoms with van der Waals surface area (Å²) in [5.74, 6) is -0.307. The van der Waals surface area contributed by atoms with Crippen molar-refractivity contribution in [1.82, 2.24) is 0 Å². The zero-order valence-electron chi connectivity index (χ0n) is 15.1. The number of esters is 1. The molecule has 0 unspecified atom stereocenters. The Morgan fingerprint density at radius 1 is 0.957 bits per heavy atom. The van der Waals surface area contributed by atoms with Crippen LogP contribution in [-0.4, -0.2) is 50.7 Å². The second-order valence-corrected chi connectivity index (χ2v) is 6.13. The van der Waals surface area contributed by atoms with E-state index in [0.29, 0.717) is 32.8 Å². The van der Waals surface area contributed by atoms with E-state index in [2.05, 4.69) is 20.8 Å². The van der Waals surface area contributed by atoms with E-state index in [4.69, 9.17) is 18.9 Å². The Labute approximate surface area is 141 Å². The van der Waals surface area contributed by atoms with Gasteiger partial charge in [0.15, 0.2) is 6.10 Å². The highest BCUT2D eigenvalue weighted by Crippen LogP contribution is 2.22. The van der Waals surface area contributed by atoms with Gasteiger partial charge in [-0.25, -0.2) is 4.79 Å². The Hall–Kier alpha value is -0.650. The van der Waals surface area contributed by atoms with E-state index in [-0.39, 0.29) is 18.2 Å². The number of hydrogen-bond donors (Lipinski definition) is 0. The van der Waals surface area contributed by atoms with Crippen LogP contribution in [0.2, 0.25) is 0 Å². The molecule has 0 radical (unpaired) electrons. The molecule has 1 aliphatic heterocycles. The van der Waals surface area contributed by atoms with Crippen LogP contribution in [-0.2, 0) is 23.7 Å². The van der Waals surface area contributed by atoms with E-state index in [9.17, 15) is 4.79 Å². The first-order valence-corrected chi connectivity index (χ1v) is 9.24. The molecular formula is C18H34O5. The minimum Gasteiger partial charge on any atom is -0.458 e. The van der Waals surface area contributed by atoms with Crippen LogP contribution in [0.4, 0.5) is 0 Å². The Balaban J connectivity index is 2.48. The zero-order valence-corrected chi connectivity index (χ0v) is 15.1. The Morgan fingerprint density at radius 3 is 2.22 bits per heavy atom. The van der Waals surface area contributed by atoms with Crippen molar-refractivity contribution in [2.75, 3.05) is 26.4 Å². The van der Waals surface area contributed by atoms with Crippen molar-refractivity contribution >= 4 is 5.97 Å². The lowest BCUT2D eigenvalue weighted by Crippen LogP contribution is -2.49. The Bertz CT molecular complexity index is 308. The molecule has 1 saturated heterocycles. The topological polar surface area (TPSA) is 54.0 Å². The van der Waals surface area contributed by atoms with Gasteiger partial charge in [-0.2, -0.15) is 0 Å². The van der Waals surface area contributed by atoms with Gasteiger partial charge in [0.25, 0.3) is 0 Å². The van der Waals surface area contributed by atoms with E-state index in [1.165, 1.54) is 0 Å². The van der Waals surface area contributed by atoms with Crippen molar-refractivity contribution < 1.29 is 23.7 Å². The molecule has 1 fully saturated rings. The average molecular weight is 330 g/mol. The number of carbonyl (C=O) groups is 1. The molecule has 0 aromatic heterocycles. The van der Waals surface area contributed by atoms with Gasteiger partial charge in [-0.05, 0) is 19.3 Å². The summed E-state index contributed by atoms with van der Waals surface area (Å²) in [6.45, 7) is 8.73. The molecule has 5 nitrogen and oxygen atoms in total. The molecule has 1 heterocycles. The highest BCUT2D eigenvalue weighted by molar-refractivity contribution is 5.76. The van der Waals surface area contributed by atoms with Gasteiger partial charge < -0.3 is 18.9 Å². The number of cyclic esters (lactones) is 1. The van der Waals surface area contributed by atoms with E-state index < -0.39 is 6.10 Å². The number of hydrogen-bond acceptors (Lipinski definition) is 5. The molecular weight excluding hydrogens is 296 g/mol. The minimum atomic E-state index is -0.592. The maximum Gasteiger partial charge on any atom is 0.338 e. The van der Waals surface area contributed by atoms with Gasteiger partial charge in [-0.3, -0.25) is 0 Å².